The first-order chi connectivity index (χ1) is 10.1. The number of ether oxygens (including phenoxy) is 1. The van der Waals surface area contributed by atoms with Crippen LogP contribution in [0.5, 0.6) is 5.75 Å². The lowest BCUT2D eigenvalue weighted by molar-refractivity contribution is -0.133. The number of benzene rings is 1. The van der Waals surface area contributed by atoms with Gasteiger partial charge in [-0.2, -0.15) is 0 Å². The molecule has 0 spiro atoms. The molecule has 0 bridgehead atoms. The summed E-state index contributed by atoms with van der Waals surface area (Å²) < 4.78 is 5.24. The molecule has 0 saturated carbocycles. The van der Waals surface area contributed by atoms with Crippen molar-refractivity contribution in [2.24, 2.45) is 5.41 Å². The largest absolute Gasteiger partial charge is 0.497 e. The summed E-state index contributed by atoms with van der Waals surface area (Å²) in [5.41, 5.74) is 0.809. The van der Waals surface area contributed by atoms with Crippen molar-refractivity contribution >= 4 is 5.91 Å². The second-order valence-corrected chi connectivity index (χ2v) is 5.89. The Labute approximate surface area is 127 Å². The van der Waals surface area contributed by atoms with Gasteiger partial charge in [-0.3, -0.25) is 4.79 Å². The van der Waals surface area contributed by atoms with Gasteiger partial charge in [-0.15, -0.1) is 0 Å². The fourth-order valence-corrected chi connectivity index (χ4v) is 2.97. The molecule has 2 atom stereocenters. The standard InChI is InChI=1S/C17H26N2O2/c1-4-17(9-6-10-18-12-17)16(20)19-13(2)14-7-5-8-15(11-14)21-3/h5,7-8,11,13,18H,4,6,9-10,12H2,1-3H3,(H,19,20). The SMILES string of the molecule is CCC1(C(=O)NC(C)c2cccc(OC)c2)CCCNC1. The normalized spacial score (nSPS) is 23.4. The van der Waals surface area contributed by atoms with E-state index in [0.717, 1.165) is 43.7 Å². The topological polar surface area (TPSA) is 50.4 Å². The lowest BCUT2D eigenvalue weighted by Gasteiger charge is -2.36. The fraction of sp³-hybridized carbons (Fsp3) is 0.588. The van der Waals surface area contributed by atoms with Gasteiger partial charge in [-0.05, 0) is 50.4 Å². The van der Waals surface area contributed by atoms with Crippen LogP contribution in [0.1, 0.15) is 44.7 Å². The van der Waals surface area contributed by atoms with Crippen LogP contribution in [-0.2, 0) is 4.79 Å². The second-order valence-electron chi connectivity index (χ2n) is 5.89. The van der Waals surface area contributed by atoms with Crippen molar-refractivity contribution in [3.8, 4) is 5.75 Å². The lowest BCUT2D eigenvalue weighted by Crippen LogP contribution is -2.50. The van der Waals surface area contributed by atoms with Crippen LogP contribution < -0.4 is 15.4 Å². The molecule has 2 N–H and O–H groups in total. The number of nitrogens with one attached hydrogen (secondary N) is 2. The van der Waals surface area contributed by atoms with Crippen LogP contribution in [0.25, 0.3) is 0 Å². The summed E-state index contributed by atoms with van der Waals surface area (Å²) in [4.78, 5) is 12.7. The van der Waals surface area contributed by atoms with Crippen molar-refractivity contribution < 1.29 is 9.53 Å². The molecule has 1 aromatic carbocycles. The van der Waals surface area contributed by atoms with E-state index in [1.165, 1.54) is 0 Å². The monoisotopic (exact) mass is 290 g/mol. The fourth-order valence-electron chi connectivity index (χ4n) is 2.97. The van der Waals surface area contributed by atoms with E-state index in [4.69, 9.17) is 4.74 Å². The highest BCUT2D eigenvalue weighted by atomic mass is 16.5. The van der Waals surface area contributed by atoms with Gasteiger partial charge in [0.2, 0.25) is 5.91 Å². The summed E-state index contributed by atoms with van der Waals surface area (Å²) in [7, 11) is 1.65. The molecule has 2 unspecified atom stereocenters. The molecule has 1 heterocycles. The van der Waals surface area contributed by atoms with Crippen molar-refractivity contribution in [1.82, 2.24) is 10.6 Å². The average molecular weight is 290 g/mol. The van der Waals surface area contributed by atoms with E-state index in [-0.39, 0.29) is 17.4 Å². The van der Waals surface area contributed by atoms with Crippen molar-refractivity contribution in [3.05, 3.63) is 29.8 Å². The minimum Gasteiger partial charge on any atom is -0.497 e. The number of carbonyl (C=O) groups excluding carboxylic acids is 1. The van der Waals surface area contributed by atoms with E-state index in [2.05, 4.69) is 17.6 Å². The first-order valence-corrected chi connectivity index (χ1v) is 7.77. The molecule has 1 aromatic rings. The predicted molar refractivity (Wildman–Crippen MR) is 84.4 cm³/mol. The smallest absolute Gasteiger partial charge is 0.227 e. The molecule has 4 heteroatoms. The average Bonchev–Trinajstić information content (AvgIpc) is 2.55. The predicted octanol–water partition coefficient (Wildman–Crippen LogP) is 2.65. The summed E-state index contributed by atoms with van der Waals surface area (Å²) in [6.07, 6.45) is 2.90. The number of carbonyl (C=O) groups is 1. The quantitative estimate of drug-likeness (QED) is 0.876. The van der Waals surface area contributed by atoms with Crippen molar-refractivity contribution in [2.45, 2.75) is 39.2 Å². The molecule has 2 rings (SSSR count). The molecule has 1 saturated heterocycles. The van der Waals surface area contributed by atoms with Crippen LogP contribution in [0.15, 0.2) is 24.3 Å². The third-order valence-corrected chi connectivity index (χ3v) is 4.57. The summed E-state index contributed by atoms with van der Waals surface area (Å²) in [6.45, 7) is 5.91. The van der Waals surface area contributed by atoms with Gasteiger partial charge in [0.15, 0.2) is 0 Å². The van der Waals surface area contributed by atoms with Crippen molar-refractivity contribution in [2.75, 3.05) is 20.2 Å². The van der Waals surface area contributed by atoms with E-state index in [1.54, 1.807) is 7.11 Å². The molecule has 21 heavy (non-hydrogen) atoms. The summed E-state index contributed by atoms with van der Waals surface area (Å²) in [5, 5.41) is 6.53. The molecule has 1 aliphatic heterocycles. The van der Waals surface area contributed by atoms with Gasteiger partial charge in [0.1, 0.15) is 5.75 Å². The van der Waals surface area contributed by atoms with Gasteiger partial charge in [0, 0.05) is 6.54 Å². The Balaban J connectivity index is 2.06. The van der Waals surface area contributed by atoms with E-state index >= 15 is 0 Å². The maximum atomic E-state index is 12.7. The van der Waals surface area contributed by atoms with Gasteiger partial charge in [-0.25, -0.2) is 0 Å². The Morgan fingerprint density at radius 2 is 2.33 bits per heavy atom. The highest BCUT2D eigenvalue weighted by Gasteiger charge is 2.38. The zero-order valence-electron chi connectivity index (χ0n) is 13.2. The number of hydrogen-bond donors (Lipinski definition) is 2. The van der Waals surface area contributed by atoms with Crippen LogP contribution in [0, 0.1) is 5.41 Å². The van der Waals surface area contributed by atoms with Crippen LogP contribution in [-0.4, -0.2) is 26.1 Å². The maximum absolute atomic E-state index is 12.7. The van der Waals surface area contributed by atoms with Crippen molar-refractivity contribution in [3.63, 3.8) is 0 Å². The molecular weight excluding hydrogens is 264 g/mol. The number of hydrogen-bond acceptors (Lipinski definition) is 3. The first kappa shape index (κ1) is 15.8. The minimum absolute atomic E-state index is 0.0158. The minimum atomic E-state index is -0.259. The Morgan fingerprint density at radius 3 is 2.95 bits per heavy atom. The molecule has 0 aliphatic carbocycles. The van der Waals surface area contributed by atoms with E-state index in [0.29, 0.717) is 0 Å². The third-order valence-electron chi connectivity index (χ3n) is 4.57. The summed E-state index contributed by atoms with van der Waals surface area (Å²) >= 11 is 0. The molecule has 4 nitrogen and oxygen atoms in total. The highest BCUT2D eigenvalue weighted by molar-refractivity contribution is 5.83. The third kappa shape index (κ3) is 3.56. The summed E-state index contributed by atoms with van der Waals surface area (Å²) in [6, 6.07) is 7.84. The van der Waals surface area contributed by atoms with Crippen LogP contribution in [0.2, 0.25) is 0 Å². The Morgan fingerprint density at radius 1 is 1.52 bits per heavy atom. The van der Waals surface area contributed by atoms with Crippen LogP contribution >= 0.6 is 0 Å². The molecular formula is C17H26N2O2. The zero-order chi connectivity index (χ0) is 15.3. The molecule has 0 aromatic heterocycles. The molecule has 1 amide bonds. The number of piperidine rings is 1. The second kappa shape index (κ2) is 6.94. The Bertz CT molecular complexity index is 481. The lowest BCUT2D eigenvalue weighted by atomic mass is 9.77. The highest BCUT2D eigenvalue weighted by Crippen LogP contribution is 2.31. The van der Waals surface area contributed by atoms with Gasteiger partial charge < -0.3 is 15.4 Å². The molecule has 0 radical (unpaired) electrons. The summed E-state index contributed by atoms with van der Waals surface area (Å²) in [5.74, 6) is 0.977. The van der Waals surface area contributed by atoms with Gasteiger partial charge in [0.05, 0.1) is 18.6 Å². The molecule has 1 fully saturated rings. The van der Waals surface area contributed by atoms with Gasteiger partial charge >= 0.3 is 0 Å². The van der Waals surface area contributed by atoms with Gasteiger partial charge in [-0.1, -0.05) is 19.1 Å². The van der Waals surface area contributed by atoms with Crippen molar-refractivity contribution in [1.29, 1.82) is 0 Å². The van der Waals surface area contributed by atoms with E-state index in [9.17, 15) is 4.79 Å². The first-order valence-electron chi connectivity index (χ1n) is 7.77. The van der Waals surface area contributed by atoms with Crippen LogP contribution in [0.4, 0.5) is 0 Å². The Kier molecular flexibility index (Phi) is 5.23. The Hall–Kier alpha value is -1.55. The van der Waals surface area contributed by atoms with Crippen LogP contribution in [0.3, 0.4) is 0 Å². The molecule has 1 aliphatic rings. The van der Waals surface area contributed by atoms with E-state index < -0.39 is 0 Å². The number of rotatable bonds is 5. The number of methoxy groups -OCH3 is 1. The van der Waals surface area contributed by atoms with E-state index in [1.807, 2.05) is 31.2 Å². The zero-order valence-corrected chi connectivity index (χ0v) is 13.2. The maximum Gasteiger partial charge on any atom is 0.227 e. The van der Waals surface area contributed by atoms with Gasteiger partial charge in [0.25, 0.3) is 0 Å². The molecule has 116 valence electrons. The number of amides is 1.